The van der Waals surface area contributed by atoms with Gasteiger partial charge >= 0.3 is 11.9 Å². The molecular weight excluding hydrogens is 376 g/mol. The van der Waals surface area contributed by atoms with E-state index < -0.39 is 21.8 Å². The SMILES string of the molecule is O=C(O)CCOC(=O)CCC1=CC(=O)CC=C1S(=O)(=O)C1=CCC(=O)C=C1. The van der Waals surface area contributed by atoms with Crippen LogP contribution in [0.25, 0.3) is 0 Å². The van der Waals surface area contributed by atoms with Gasteiger partial charge in [-0.05, 0) is 30.2 Å². The zero-order valence-electron chi connectivity index (χ0n) is 14.3. The lowest BCUT2D eigenvalue weighted by Gasteiger charge is -2.17. The second-order valence-corrected chi connectivity index (χ2v) is 7.80. The molecule has 0 aromatic carbocycles. The number of ketones is 2. The maximum atomic E-state index is 12.8. The fraction of sp³-hybridized carbons (Fsp3) is 0.333. The molecular formula is C18H18O8S. The highest BCUT2D eigenvalue weighted by Gasteiger charge is 2.29. The molecule has 0 aliphatic heterocycles. The Bertz CT molecular complexity index is 900. The van der Waals surface area contributed by atoms with Crippen molar-refractivity contribution < 1.29 is 37.4 Å². The molecule has 2 aliphatic carbocycles. The molecule has 2 rings (SSSR count). The third-order valence-corrected chi connectivity index (χ3v) is 5.79. The predicted molar refractivity (Wildman–Crippen MR) is 94.0 cm³/mol. The molecule has 0 amide bonds. The third-order valence-electron chi connectivity index (χ3n) is 3.86. The first-order valence-electron chi connectivity index (χ1n) is 8.17. The van der Waals surface area contributed by atoms with Crippen molar-refractivity contribution in [3.05, 3.63) is 45.8 Å². The van der Waals surface area contributed by atoms with Crippen LogP contribution in [-0.2, 0) is 33.8 Å². The molecule has 8 nitrogen and oxygen atoms in total. The minimum Gasteiger partial charge on any atom is -0.481 e. The Morgan fingerprint density at radius 1 is 1.04 bits per heavy atom. The van der Waals surface area contributed by atoms with Gasteiger partial charge in [-0.3, -0.25) is 19.2 Å². The van der Waals surface area contributed by atoms with Crippen LogP contribution in [0.2, 0.25) is 0 Å². The van der Waals surface area contributed by atoms with Crippen molar-refractivity contribution in [1.82, 2.24) is 0 Å². The summed E-state index contributed by atoms with van der Waals surface area (Å²) in [6.07, 6.45) is 5.55. The Labute approximate surface area is 155 Å². The van der Waals surface area contributed by atoms with Crippen LogP contribution in [0.1, 0.15) is 32.1 Å². The van der Waals surface area contributed by atoms with Gasteiger partial charge in [-0.25, -0.2) is 8.42 Å². The molecule has 0 unspecified atom stereocenters. The van der Waals surface area contributed by atoms with E-state index in [1.165, 1.54) is 30.4 Å². The van der Waals surface area contributed by atoms with Gasteiger partial charge in [0.05, 0.1) is 16.2 Å². The molecule has 0 aromatic heterocycles. The largest absolute Gasteiger partial charge is 0.481 e. The summed E-state index contributed by atoms with van der Waals surface area (Å²) in [5.74, 6) is -2.28. The number of allylic oxidation sites excluding steroid dienone is 6. The Morgan fingerprint density at radius 3 is 2.37 bits per heavy atom. The van der Waals surface area contributed by atoms with Crippen LogP contribution in [0.4, 0.5) is 0 Å². The Kier molecular flexibility index (Phi) is 6.62. The van der Waals surface area contributed by atoms with E-state index in [2.05, 4.69) is 0 Å². The fourth-order valence-electron chi connectivity index (χ4n) is 2.53. The highest BCUT2D eigenvalue weighted by Crippen LogP contribution is 2.32. The smallest absolute Gasteiger partial charge is 0.306 e. The van der Waals surface area contributed by atoms with Gasteiger partial charge in [-0.2, -0.15) is 0 Å². The van der Waals surface area contributed by atoms with Crippen LogP contribution in [0, 0.1) is 0 Å². The Hall–Kier alpha value is -2.81. The lowest BCUT2D eigenvalue weighted by Crippen LogP contribution is -2.16. The normalized spacial score (nSPS) is 17.1. The fourth-order valence-corrected chi connectivity index (χ4v) is 4.14. The summed E-state index contributed by atoms with van der Waals surface area (Å²) in [4.78, 5) is 44.9. The summed E-state index contributed by atoms with van der Waals surface area (Å²) in [7, 11) is -3.92. The molecule has 0 bridgehead atoms. The standard InChI is InChI=1S/C18H18O8S/c19-13-2-5-15(6-3-13)27(24,25)16-7-4-14(20)11-12(16)1-8-18(23)26-10-9-17(21)22/h2,5-7,11H,1,3-4,8-10H2,(H,21,22). The van der Waals surface area contributed by atoms with E-state index in [4.69, 9.17) is 9.84 Å². The number of aliphatic carboxylic acids is 1. The summed E-state index contributed by atoms with van der Waals surface area (Å²) in [6.45, 7) is -0.279. The third kappa shape index (κ3) is 5.58. The molecule has 1 N–H and O–H groups in total. The molecule has 0 saturated carbocycles. The van der Waals surface area contributed by atoms with Crippen LogP contribution in [0.15, 0.2) is 45.8 Å². The Morgan fingerprint density at radius 2 is 1.74 bits per heavy atom. The van der Waals surface area contributed by atoms with E-state index in [-0.39, 0.29) is 65.7 Å². The second-order valence-electron chi connectivity index (χ2n) is 5.89. The van der Waals surface area contributed by atoms with E-state index >= 15 is 0 Å². The molecule has 0 heterocycles. The zero-order valence-corrected chi connectivity index (χ0v) is 15.2. The van der Waals surface area contributed by atoms with Gasteiger partial charge < -0.3 is 9.84 Å². The summed E-state index contributed by atoms with van der Waals surface area (Å²) in [5.41, 5.74) is 0.188. The molecule has 0 atom stereocenters. The first-order chi connectivity index (χ1) is 12.7. The minimum absolute atomic E-state index is 0.0216. The van der Waals surface area contributed by atoms with Crippen LogP contribution >= 0.6 is 0 Å². The highest BCUT2D eigenvalue weighted by molar-refractivity contribution is 7.99. The molecule has 0 aromatic rings. The van der Waals surface area contributed by atoms with E-state index in [9.17, 15) is 27.6 Å². The number of hydrogen-bond donors (Lipinski definition) is 1. The van der Waals surface area contributed by atoms with E-state index in [0.29, 0.717) is 0 Å². The summed E-state index contributed by atoms with van der Waals surface area (Å²) < 4.78 is 30.4. The first kappa shape index (κ1) is 20.5. The second kappa shape index (κ2) is 8.72. The van der Waals surface area contributed by atoms with Gasteiger partial charge in [-0.1, -0.05) is 12.2 Å². The average Bonchev–Trinajstić information content (AvgIpc) is 2.60. The summed E-state index contributed by atoms with van der Waals surface area (Å²) >= 11 is 0. The number of carboxylic acids is 1. The van der Waals surface area contributed by atoms with Crippen LogP contribution in [0.5, 0.6) is 0 Å². The molecule has 0 saturated heterocycles. The lowest BCUT2D eigenvalue weighted by molar-refractivity contribution is -0.146. The number of carbonyl (C=O) groups is 4. The molecule has 9 heteroatoms. The number of ether oxygens (including phenoxy) is 1. The number of rotatable bonds is 8. The van der Waals surface area contributed by atoms with Gasteiger partial charge in [0.1, 0.15) is 6.61 Å². The van der Waals surface area contributed by atoms with Gasteiger partial charge in [0.15, 0.2) is 11.6 Å². The predicted octanol–water partition coefficient (Wildman–Crippen LogP) is 1.40. The van der Waals surface area contributed by atoms with Gasteiger partial charge in [0.2, 0.25) is 9.84 Å². The summed E-state index contributed by atoms with van der Waals surface area (Å²) in [6, 6.07) is 0. The van der Waals surface area contributed by atoms with Crippen molar-refractivity contribution in [2.75, 3.05) is 6.61 Å². The molecule has 0 spiro atoms. The first-order valence-corrected chi connectivity index (χ1v) is 9.66. The van der Waals surface area contributed by atoms with Gasteiger partial charge in [-0.15, -0.1) is 0 Å². The number of hydrogen-bond acceptors (Lipinski definition) is 7. The molecule has 27 heavy (non-hydrogen) atoms. The van der Waals surface area contributed by atoms with Crippen molar-refractivity contribution in [1.29, 1.82) is 0 Å². The molecule has 2 aliphatic rings. The van der Waals surface area contributed by atoms with Crippen molar-refractivity contribution >= 4 is 33.3 Å². The molecule has 0 radical (unpaired) electrons. The highest BCUT2D eigenvalue weighted by atomic mass is 32.2. The van der Waals surface area contributed by atoms with Crippen molar-refractivity contribution in [3.8, 4) is 0 Å². The maximum Gasteiger partial charge on any atom is 0.306 e. The summed E-state index contributed by atoms with van der Waals surface area (Å²) in [5, 5.41) is 8.51. The van der Waals surface area contributed by atoms with E-state index in [1.54, 1.807) is 0 Å². The van der Waals surface area contributed by atoms with Crippen molar-refractivity contribution in [3.63, 3.8) is 0 Å². The molecule has 144 valence electrons. The van der Waals surface area contributed by atoms with Gasteiger partial charge in [0.25, 0.3) is 0 Å². The quantitative estimate of drug-likeness (QED) is 0.611. The van der Waals surface area contributed by atoms with Crippen LogP contribution in [-0.4, -0.2) is 43.6 Å². The number of carbonyl (C=O) groups excluding carboxylic acids is 3. The monoisotopic (exact) mass is 394 g/mol. The average molecular weight is 394 g/mol. The van der Waals surface area contributed by atoms with E-state index in [0.717, 1.165) is 0 Å². The maximum absolute atomic E-state index is 12.8. The Balaban J connectivity index is 2.10. The number of carboxylic acid groups (broad SMARTS) is 1. The lowest BCUT2D eigenvalue weighted by atomic mass is 10.0. The van der Waals surface area contributed by atoms with Crippen LogP contribution < -0.4 is 0 Å². The van der Waals surface area contributed by atoms with Crippen molar-refractivity contribution in [2.24, 2.45) is 0 Å². The van der Waals surface area contributed by atoms with Crippen LogP contribution in [0.3, 0.4) is 0 Å². The number of esters is 1. The number of sulfone groups is 1. The van der Waals surface area contributed by atoms with Gasteiger partial charge in [0, 0.05) is 19.3 Å². The topological polar surface area (TPSA) is 132 Å². The van der Waals surface area contributed by atoms with E-state index in [1.807, 2.05) is 0 Å². The molecule has 0 fully saturated rings. The zero-order chi connectivity index (χ0) is 20.0. The minimum atomic E-state index is -3.92. The van der Waals surface area contributed by atoms with Crippen molar-refractivity contribution in [2.45, 2.75) is 32.1 Å².